The number of aromatic carboxylic acids is 1. The van der Waals surface area contributed by atoms with Gasteiger partial charge in [0, 0.05) is 12.8 Å². The Labute approximate surface area is 109 Å². The van der Waals surface area contributed by atoms with Crippen LogP contribution in [0.5, 0.6) is 0 Å². The fourth-order valence-corrected chi connectivity index (χ4v) is 2.49. The van der Waals surface area contributed by atoms with Crippen LogP contribution in [0, 0.1) is 6.92 Å². The van der Waals surface area contributed by atoms with Gasteiger partial charge < -0.3 is 5.11 Å². The molecule has 0 atom stereocenters. The number of rotatable bonds is 4. The summed E-state index contributed by atoms with van der Waals surface area (Å²) in [6.07, 6.45) is 0. The van der Waals surface area contributed by atoms with Crippen molar-refractivity contribution in [2.45, 2.75) is 17.7 Å². The summed E-state index contributed by atoms with van der Waals surface area (Å²) in [6, 6.07) is 7.01. The van der Waals surface area contributed by atoms with Crippen molar-refractivity contribution in [1.29, 1.82) is 0 Å². The first kappa shape index (κ1) is 12.6. The average Bonchev–Trinajstić information content (AvgIpc) is 2.65. The van der Waals surface area contributed by atoms with Crippen molar-refractivity contribution in [3.8, 4) is 0 Å². The zero-order chi connectivity index (χ0) is 13.1. The number of hydrogen-bond acceptors (Lipinski definition) is 4. The summed E-state index contributed by atoms with van der Waals surface area (Å²) in [6.45, 7) is 1.94. The van der Waals surface area contributed by atoms with Crippen molar-refractivity contribution in [3.05, 3.63) is 41.3 Å². The standard InChI is InChI=1S/C12H13N3O2S/c1-8-6-11(15(2)14-8)18-7-9-4-3-5-10(13-9)12(16)17/h3-6H,7H2,1-2H3,(H,16,17). The first-order valence-electron chi connectivity index (χ1n) is 5.39. The molecule has 2 aromatic heterocycles. The Balaban J connectivity index is 2.08. The van der Waals surface area contributed by atoms with Crippen LogP contribution in [-0.4, -0.2) is 25.8 Å². The average molecular weight is 263 g/mol. The van der Waals surface area contributed by atoms with Gasteiger partial charge in [0.1, 0.15) is 5.69 Å². The molecular weight excluding hydrogens is 250 g/mol. The van der Waals surface area contributed by atoms with Gasteiger partial charge in [-0.2, -0.15) is 5.10 Å². The van der Waals surface area contributed by atoms with Crippen LogP contribution in [0.3, 0.4) is 0 Å². The Morgan fingerprint density at radius 2 is 2.28 bits per heavy atom. The van der Waals surface area contributed by atoms with Crippen molar-refractivity contribution in [3.63, 3.8) is 0 Å². The van der Waals surface area contributed by atoms with Crippen LogP contribution in [0.25, 0.3) is 0 Å². The second kappa shape index (κ2) is 5.22. The fraction of sp³-hybridized carbons (Fsp3) is 0.250. The molecule has 5 nitrogen and oxygen atoms in total. The zero-order valence-electron chi connectivity index (χ0n) is 10.1. The third-order valence-corrected chi connectivity index (χ3v) is 3.47. The molecule has 0 saturated carbocycles. The zero-order valence-corrected chi connectivity index (χ0v) is 10.9. The molecule has 0 aliphatic rings. The Morgan fingerprint density at radius 3 is 2.89 bits per heavy atom. The molecule has 0 unspecified atom stereocenters. The van der Waals surface area contributed by atoms with Crippen LogP contribution in [0.4, 0.5) is 0 Å². The van der Waals surface area contributed by atoms with E-state index in [-0.39, 0.29) is 5.69 Å². The molecule has 2 rings (SSSR count). The van der Waals surface area contributed by atoms with E-state index in [1.54, 1.807) is 22.5 Å². The van der Waals surface area contributed by atoms with Gasteiger partial charge in [0.25, 0.3) is 0 Å². The van der Waals surface area contributed by atoms with Crippen LogP contribution in [0.1, 0.15) is 21.9 Å². The van der Waals surface area contributed by atoms with Gasteiger partial charge in [0.05, 0.1) is 16.4 Å². The highest BCUT2D eigenvalue weighted by atomic mass is 32.2. The Hall–Kier alpha value is -1.82. The summed E-state index contributed by atoms with van der Waals surface area (Å²) < 4.78 is 1.81. The highest BCUT2D eigenvalue weighted by molar-refractivity contribution is 7.98. The molecule has 94 valence electrons. The van der Waals surface area contributed by atoms with E-state index in [1.807, 2.05) is 26.1 Å². The lowest BCUT2D eigenvalue weighted by atomic mass is 10.3. The van der Waals surface area contributed by atoms with Crippen LogP contribution >= 0.6 is 11.8 Å². The minimum atomic E-state index is -1.00. The Morgan fingerprint density at radius 1 is 1.50 bits per heavy atom. The number of carboxylic acid groups (broad SMARTS) is 1. The molecule has 18 heavy (non-hydrogen) atoms. The van der Waals surface area contributed by atoms with E-state index in [9.17, 15) is 4.79 Å². The predicted octanol–water partition coefficient (Wildman–Crippen LogP) is 2.11. The molecule has 0 aromatic carbocycles. The van der Waals surface area contributed by atoms with Gasteiger partial charge in [-0.05, 0) is 25.1 Å². The maximum absolute atomic E-state index is 10.8. The molecule has 2 aromatic rings. The van der Waals surface area contributed by atoms with E-state index < -0.39 is 5.97 Å². The number of nitrogens with zero attached hydrogens (tertiary/aromatic N) is 3. The molecule has 0 saturated heterocycles. The van der Waals surface area contributed by atoms with Crippen molar-refractivity contribution in [2.75, 3.05) is 0 Å². The van der Waals surface area contributed by atoms with Gasteiger partial charge in [-0.15, -0.1) is 11.8 Å². The minimum Gasteiger partial charge on any atom is -0.477 e. The van der Waals surface area contributed by atoms with Crippen molar-refractivity contribution < 1.29 is 9.90 Å². The molecule has 6 heteroatoms. The molecule has 0 bridgehead atoms. The molecule has 0 fully saturated rings. The van der Waals surface area contributed by atoms with E-state index in [2.05, 4.69) is 10.1 Å². The van der Waals surface area contributed by atoms with Gasteiger partial charge in [-0.25, -0.2) is 9.78 Å². The lowest BCUT2D eigenvalue weighted by Crippen LogP contribution is -2.02. The summed E-state index contributed by atoms with van der Waals surface area (Å²) in [7, 11) is 1.89. The van der Waals surface area contributed by atoms with Crippen LogP contribution in [-0.2, 0) is 12.8 Å². The topological polar surface area (TPSA) is 68.0 Å². The number of pyridine rings is 1. The Kier molecular flexibility index (Phi) is 3.66. The number of carbonyl (C=O) groups is 1. The summed E-state index contributed by atoms with van der Waals surface area (Å²) in [4.78, 5) is 14.9. The SMILES string of the molecule is Cc1cc(SCc2cccc(C(=O)O)n2)n(C)n1. The van der Waals surface area contributed by atoms with Gasteiger partial charge in [-0.1, -0.05) is 6.07 Å². The van der Waals surface area contributed by atoms with Gasteiger partial charge in [-0.3, -0.25) is 4.68 Å². The smallest absolute Gasteiger partial charge is 0.354 e. The van der Waals surface area contributed by atoms with Crippen LogP contribution in [0.2, 0.25) is 0 Å². The lowest BCUT2D eigenvalue weighted by Gasteiger charge is -2.02. The first-order chi connectivity index (χ1) is 8.56. The maximum atomic E-state index is 10.8. The number of aryl methyl sites for hydroxylation is 2. The van der Waals surface area contributed by atoms with Gasteiger partial charge in [0.2, 0.25) is 0 Å². The third kappa shape index (κ3) is 2.89. The predicted molar refractivity (Wildman–Crippen MR) is 68.7 cm³/mol. The molecule has 1 N–H and O–H groups in total. The second-order valence-corrected chi connectivity index (χ2v) is 4.85. The largest absolute Gasteiger partial charge is 0.477 e. The number of hydrogen-bond donors (Lipinski definition) is 1. The molecule has 0 aliphatic carbocycles. The molecule has 0 amide bonds. The fourth-order valence-electron chi connectivity index (χ4n) is 1.55. The molecule has 0 spiro atoms. The van der Waals surface area contributed by atoms with Crippen molar-refractivity contribution in [2.24, 2.45) is 7.05 Å². The molecule has 0 radical (unpaired) electrons. The van der Waals surface area contributed by atoms with E-state index in [0.717, 1.165) is 16.4 Å². The third-order valence-electron chi connectivity index (χ3n) is 2.35. The normalized spacial score (nSPS) is 10.6. The number of carboxylic acids is 1. The summed E-state index contributed by atoms with van der Waals surface area (Å²) in [5.41, 5.74) is 1.79. The van der Waals surface area contributed by atoms with E-state index >= 15 is 0 Å². The van der Waals surface area contributed by atoms with E-state index in [1.165, 1.54) is 6.07 Å². The molecule has 2 heterocycles. The van der Waals surface area contributed by atoms with E-state index in [4.69, 9.17) is 5.11 Å². The van der Waals surface area contributed by atoms with Gasteiger partial charge >= 0.3 is 5.97 Å². The minimum absolute atomic E-state index is 0.0780. The lowest BCUT2D eigenvalue weighted by molar-refractivity contribution is 0.0690. The summed E-state index contributed by atoms with van der Waals surface area (Å²) >= 11 is 1.59. The first-order valence-corrected chi connectivity index (χ1v) is 6.37. The maximum Gasteiger partial charge on any atom is 0.354 e. The van der Waals surface area contributed by atoms with Gasteiger partial charge in [0.15, 0.2) is 0 Å². The van der Waals surface area contributed by atoms with E-state index in [0.29, 0.717) is 5.75 Å². The Bertz CT molecular complexity index is 580. The van der Waals surface area contributed by atoms with Crippen LogP contribution < -0.4 is 0 Å². The molecule has 0 aliphatic heterocycles. The van der Waals surface area contributed by atoms with Crippen molar-refractivity contribution >= 4 is 17.7 Å². The second-order valence-electron chi connectivity index (χ2n) is 3.86. The van der Waals surface area contributed by atoms with Crippen LogP contribution in [0.15, 0.2) is 29.3 Å². The molecular formula is C12H13N3O2S. The van der Waals surface area contributed by atoms with Crippen molar-refractivity contribution in [1.82, 2.24) is 14.8 Å². The monoisotopic (exact) mass is 263 g/mol. The highest BCUT2D eigenvalue weighted by Gasteiger charge is 2.07. The highest BCUT2D eigenvalue weighted by Crippen LogP contribution is 2.22. The number of thioether (sulfide) groups is 1. The quantitative estimate of drug-likeness (QED) is 0.856. The number of aromatic nitrogens is 3. The summed E-state index contributed by atoms with van der Waals surface area (Å²) in [5, 5.41) is 14.1. The summed E-state index contributed by atoms with van der Waals surface area (Å²) in [5.74, 6) is -0.377.